The summed E-state index contributed by atoms with van der Waals surface area (Å²) in [5.41, 5.74) is 6.83. The summed E-state index contributed by atoms with van der Waals surface area (Å²) >= 11 is 0. The third-order valence-corrected chi connectivity index (χ3v) is 2.73. The Bertz CT molecular complexity index is 331. The van der Waals surface area contributed by atoms with Crippen LogP contribution in [0.1, 0.15) is 31.9 Å². The smallest absolute Gasteiger partial charge is 0.387 e. The van der Waals surface area contributed by atoms with Crippen molar-refractivity contribution < 1.29 is 13.5 Å². The van der Waals surface area contributed by atoms with Gasteiger partial charge in [0, 0.05) is 6.04 Å². The van der Waals surface area contributed by atoms with Gasteiger partial charge in [0.15, 0.2) is 0 Å². The largest absolute Gasteiger partial charge is 0.435 e. The fourth-order valence-electron chi connectivity index (χ4n) is 1.48. The minimum absolute atomic E-state index is 0.147. The average molecular weight is 229 g/mol. The van der Waals surface area contributed by atoms with Gasteiger partial charge in [-0.25, -0.2) is 0 Å². The van der Waals surface area contributed by atoms with Crippen molar-refractivity contribution in [2.24, 2.45) is 11.7 Å². The molecule has 2 atom stereocenters. The Labute approximate surface area is 94.4 Å². The quantitative estimate of drug-likeness (QED) is 0.840. The second kappa shape index (κ2) is 5.80. The van der Waals surface area contributed by atoms with E-state index < -0.39 is 6.61 Å². The van der Waals surface area contributed by atoms with Crippen LogP contribution in [0.25, 0.3) is 0 Å². The van der Waals surface area contributed by atoms with Crippen molar-refractivity contribution in [3.63, 3.8) is 0 Å². The molecule has 0 aliphatic heterocycles. The normalized spacial score (nSPS) is 14.9. The summed E-state index contributed by atoms with van der Waals surface area (Å²) in [7, 11) is 0. The van der Waals surface area contributed by atoms with E-state index >= 15 is 0 Å². The van der Waals surface area contributed by atoms with E-state index in [0.29, 0.717) is 5.92 Å². The number of benzene rings is 1. The van der Waals surface area contributed by atoms with Gasteiger partial charge in [-0.15, -0.1) is 0 Å². The van der Waals surface area contributed by atoms with Gasteiger partial charge in [0.05, 0.1) is 0 Å². The molecule has 0 spiro atoms. The first-order chi connectivity index (χ1) is 7.54. The molecule has 0 fully saturated rings. The van der Waals surface area contributed by atoms with E-state index in [-0.39, 0.29) is 11.8 Å². The van der Waals surface area contributed by atoms with Gasteiger partial charge in [0.1, 0.15) is 5.75 Å². The van der Waals surface area contributed by atoms with E-state index in [1.165, 1.54) is 6.07 Å². The standard InChI is InChI=1S/C12H17F2NO/c1-3-8(2)11(15)9-5-4-6-10(7-9)16-12(13)14/h4-8,11-12H,3,15H2,1-2H3/t8?,11-/m0/s1. The van der Waals surface area contributed by atoms with Crippen LogP contribution in [0.5, 0.6) is 5.75 Å². The Morgan fingerprint density at radius 3 is 2.62 bits per heavy atom. The second-order valence-corrected chi connectivity index (χ2v) is 3.86. The molecule has 1 aromatic carbocycles. The summed E-state index contributed by atoms with van der Waals surface area (Å²) in [6.07, 6.45) is 0.946. The van der Waals surface area contributed by atoms with Crippen molar-refractivity contribution in [2.75, 3.05) is 0 Å². The van der Waals surface area contributed by atoms with E-state index in [1.807, 2.05) is 19.9 Å². The summed E-state index contributed by atoms with van der Waals surface area (Å²) in [6, 6.07) is 6.43. The van der Waals surface area contributed by atoms with Gasteiger partial charge in [-0.1, -0.05) is 32.4 Å². The van der Waals surface area contributed by atoms with Crippen LogP contribution in [0.4, 0.5) is 8.78 Å². The fourth-order valence-corrected chi connectivity index (χ4v) is 1.48. The highest BCUT2D eigenvalue weighted by Crippen LogP contribution is 2.25. The highest BCUT2D eigenvalue weighted by Gasteiger charge is 2.14. The van der Waals surface area contributed by atoms with Crippen LogP contribution < -0.4 is 10.5 Å². The van der Waals surface area contributed by atoms with Crippen LogP contribution >= 0.6 is 0 Å². The van der Waals surface area contributed by atoms with E-state index in [2.05, 4.69) is 4.74 Å². The minimum Gasteiger partial charge on any atom is -0.435 e. The second-order valence-electron chi connectivity index (χ2n) is 3.86. The Balaban J connectivity index is 2.81. The maximum Gasteiger partial charge on any atom is 0.387 e. The van der Waals surface area contributed by atoms with Crippen LogP contribution in [0, 0.1) is 5.92 Å². The topological polar surface area (TPSA) is 35.2 Å². The van der Waals surface area contributed by atoms with Crippen molar-refractivity contribution in [3.05, 3.63) is 29.8 Å². The number of hydrogen-bond donors (Lipinski definition) is 1. The van der Waals surface area contributed by atoms with E-state index in [9.17, 15) is 8.78 Å². The monoisotopic (exact) mass is 229 g/mol. The molecule has 2 N–H and O–H groups in total. The van der Waals surface area contributed by atoms with Crippen LogP contribution in [0.2, 0.25) is 0 Å². The van der Waals surface area contributed by atoms with Gasteiger partial charge in [-0.3, -0.25) is 0 Å². The fraction of sp³-hybridized carbons (Fsp3) is 0.500. The zero-order chi connectivity index (χ0) is 12.1. The summed E-state index contributed by atoms with van der Waals surface area (Å²) < 4.78 is 28.4. The lowest BCUT2D eigenvalue weighted by molar-refractivity contribution is -0.0499. The molecule has 16 heavy (non-hydrogen) atoms. The van der Waals surface area contributed by atoms with Gasteiger partial charge in [0.2, 0.25) is 0 Å². The lowest BCUT2D eigenvalue weighted by atomic mass is 9.93. The molecular formula is C12H17F2NO. The van der Waals surface area contributed by atoms with Crippen molar-refractivity contribution >= 4 is 0 Å². The predicted octanol–water partition coefficient (Wildman–Crippen LogP) is 3.33. The maximum atomic E-state index is 12.0. The molecule has 90 valence electrons. The molecule has 0 heterocycles. The lowest BCUT2D eigenvalue weighted by Gasteiger charge is -2.19. The lowest BCUT2D eigenvalue weighted by Crippen LogP contribution is -2.18. The highest BCUT2D eigenvalue weighted by molar-refractivity contribution is 5.30. The number of alkyl halides is 2. The third-order valence-electron chi connectivity index (χ3n) is 2.73. The molecule has 0 saturated carbocycles. The first-order valence-corrected chi connectivity index (χ1v) is 5.35. The summed E-state index contributed by atoms with van der Waals surface area (Å²) in [6.45, 7) is 1.28. The molecule has 1 unspecified atom stereocenters. The molecule has 0 aromatic heterocycles. The van der Waals surface area contributed by atoms with Crippen LogP contribution in [0.3, 0.4) is 0 Å². The van der Waals surface area contributed by atoms with Crippen LogP contribution in [0.15, 0.2) is 24.3 Å². The number of ether oxygens (including phenoxy) is 1. The molecule has 1 rings (SSSR count). The van der Waals surface area contributed by atoms with Crippen molar-refractivity contribution in [1.29, 1.82) is 0 Å². The first-order valence-electron chi connectivity index (χ1n) is 5.35. The van der Waals surface area contributed by atoms with Crippen molar-refractivity contribution in [3.8, 4) is 5.75 Å². The third kappa shape index (κ3) is 3.45. The van der Waals surface area contributed by atoms with Crippen LogP contribution in [-0.2, 0) is 0 Å². The summed E-state index contributed by atoms with van der Waals surface area (Å²) in [4.78, 5) is 0. The highest BCUT2D eigenvalue weighted by atomic mass is 19.3. The Morgan fingerprint density at radius 1 is 1.38 bits per heavy atom. The number of nitrogens with two attached hydrogens (primary N) is 1. The number of rotatable bonds is 5. The van der Waals surface area contributed by atoms with Crippen molar-refractivity contribution in [1.82, 2.24) is 0 Å². The molecule has 0 saturated heterocycles. The zero-order valence-corrected chi connectivity index (χ0v) is 9.49. The molecular weight excluding hydrogens is 212 g/mol. The SMILES string of the molecule is CCC(C)[C@H](N)c1cccc(OC(F)F)c1. The minimum atomic E-state index is -2.80. The van der Waals surface area contributed by atoms with Gasteiger partial charge in [-0.05, 0) is 23.6 Å². The molecule has 4 heteroatoms. The van der Waals surface area contributed by atoms with E-state index in [0.717, 1.165) is 12.0 Å². The predicted molar refractivity (Wildman–Crippen MR) is 59.5 cm³/mol. The first kappa shape index (κ1) is 12.9. The molecule has 0 radical (unpaired) electrons. The molecule has 0 aliphatic rings. The van der Waals surface area contributed by atoms with Gasteiger partial charge in [-0.2, -0.15) is 8.78 Å². The van der Waals surface area contributed by atoms with Gasteiger partial charge < -0.3 is 10.5 Å². The Hall–Kier alpha value is -1.16. The molecule has 2 nitrogen and oxygen atoms in total. The molecule has 0 amide bonds. The molecule has 1 aromatic rings. The molecule has 0 bridgehead atoms. The maximum absolute atomic E-state index is 12.0. The zero-order valence-electron chi connectivity index (χ0n) is 9.49. The number of halogens is 2. The van der Waals surface area contributed by atoms with Gasteiger partial charge in [0.25, 0.3) is 0 Å². The Kier molecular flexibility index (Phi) is 4.68. The Morgan fingerprint density at radius 2 is 2.06 bits per heavy atom. The summed E-state index contributed by atoms with van der Waals surface area (Å²) in [5, 5.41) is 0. The number of hydrogen-bond acceptors (Lipinski definition) is 2. The van der Waals surface area contributed by atoms with Crippen LogP contribution in [-0.4, -0.2) is 6.61 Å². The summed E-state index contributed by atoms with van der Waals surface area (Å²) in [5.74, 6) is 0.466. The van der Waals surface area contributed by atoms with E-state index in [1.54, 1.807) is 12.1 Å². The van der Waals surface area contributed by atoms with Gasteiger partial charge >= 0.3 is 6.61 Å². The van der Waals surface area contributed by atoms with Crippen molar-refractivity contribution in [2.45, 2.75) is 32.9 Å². The average Bonchev–Trinajstić information content (AvgIpc) is 2.26. The van der Waals surface area contributed by atoms with E-state index in [4.69, 9.17) is 5.73 Å². The molecule has 0 aliphatic carbocycles.